The molecule has 1 heterocycles. The third-order valence-electron chi connectivity index (χ3n) is 4.86. The molecule has 0 unspecified atom stereocenters. The maximum atomic E-state index is 11.6. The normalized spacial score (nSPS) is 34.0. The van der Waals surface area contributed by atoms with Gasteiger partial charge < -0.3 is 4.79 Å². The van der Waals surface area contributed by atoms with Crippen molar-refractivity contribution in [2.45, 2.75) is 32.6 Å². The smallest absolute Gasteiger partial charge is 0.211 e. The molecule has 6 heteroatoms. The third kappa shape index (κ3) is 3.80. The monoisotopic (exact) mass is 302 g/mol. The van der Waals surface area contributed by atoms with Gasteiger partial charge in [-0.2, -0.15) is 4.31 Å². The number of nitrogens with zero attached hydrogens (tertiary/aromatic N) is 2. The summed E-state index contributed by atoms with van der Waals surface area (Å²) in [5, 5.41) is 0. The highest BCUT2D eigenvalue weighted by Gasteiger charge is 2.36. The first-order valence-electron chi connectivity index (χ1n) is 7.48. The fraction of sp³-hybridized carbons (Fsp3) is 0.929. The summed E-state index contributed by atoms with van der Waals surface area (Å²) in [5.74, 6) is 0.727. The second kappa shape index (κ2) is 6.12. The molecular formula is C14H26N2O3S. The van der Waals surface area contributed by atoms with Crippen molar-refractivity contribution in [3.05, 3.63) is 0 Å². The molecule has 2 rings (SSSR count). The van der Waals surface area contributed by atoms with Crippen LogP contribution in [0.15, 0.2) is 0 Å². The average molecular weight is 302 g/mol. The van der Waals surface area contributed by atoms with Gasteiger partial charge >= 0.3 is 0 Å². The van der Waals surface area contributed by atoms with Crippen LogP contribution in [0.1, 0.15) is 32.6 Å². The molecule has 0 amide bonds. The number of rotatable bonds is 4. The summed E-state index contributed by atoms with van der Waals surface area (Å²) in [5.41, 5.74) is -0.195. The Hall–Kier alpha value is -0.460. The Kier molecular flexibility index (Phi) is 4.87. The number of hydrogen-bond acceptors (Lipinski definition) is 4. The first kappa shape index (κ1) is 15.9. The molecule has 0 radical (unpaired) electrons. The van der Waals surface area contributed by atoms with Gasteiger partial charge in [-0.3, -0.25) is 4.90 Å². The van der Waals surface area contributed by atoms with Gasteiger partial charge in [-0.1, -0.05) is 6.92 Å². The zero-order valence-corrected chi connectivity index (χ0v) is 13.4. The van der Waals surface area contributed by atoms with E-state index < -0.39 is 10.0 Å². The zero-order valence-electron chi connectivity index (χ0n) is 12.5. The fourth-order valence-electron chi connectivity index (χ4n) is 3.31. The zero-order chi connectivity index (χ0) is 14.8. The lowest BCUT2D eigenvalue weighted by molar-refractivity contribution is -0.119. The molecule has 20 heavy (non-hydrogen) atoms. The predicted octanol–water partition coefficient (Wildman–Crippen LogP) is 0.959. The standard InChI is InChI=1S/C14H26N2O3S/c1-13-3-5-14(12-17,6-4-13)11-15-7-9-16(10-8-15)20(2,18)19/h12-13H,3-11H2,1-2H3. The largest absolute Gasteiger partial charge is 0.303 e. The summed E-state index contributed by atoms with van der Waals surface area (Å²) < 4.78 is 24.5. The van der Waals surface area contributed by atoms with Crippen molar-refractivity contribution in [1.82, 2.24) is 9.21 Å². The topological polar surface area (TPSA) is 57.7 Å². The lowest BCUT2D eigenvalue weighted by atomic mass is 9.71. The number of carbonyl (C=O) groups is 1. The molecule has 0 bridgehead atoms. The molecule has 1 aliphatic heterocycles. The number of piperazine rings is 1. The van der Waals surface area contributed by atoms with Crippen LogP contribution in [0, 0.1) is 11.3 Å². The van der Waals surface area contributed by atoms with Crippen molar-refractivity contribution in [3.8, 4) is 0 Å². The molecule has 2 fully saturated rings. The van der Waals surface area contributed by atoms with Crippen LogP contribution in [-0.2, 0) is 14.8 Å². The summed E-state index contributed by atoms with van der Waals surface area (Å²) in [4.78, 5) is 13.8. The van der Waals surface area contributed by atoms with Gasteiger partial charge in [0.1, 0.15) is 6.29 Å². The highest BCUT2D eigenvalue weighted by atomic mass is 32.2. The number of sulfonamides is 1. The Morgan fingerprint density at radius 1 is 1.15 bits per heavy atom. The van der Waals surface area contributed by atoms with Crippen molar-refractivity contribution < 1.29 is 13.2 Å². The van der Waals surface area contributed by atoms with Crippen LogP contribution in [0.2, 0.25) is 0 Å². The molecule has 1 saturated heterocycles. The van der Waals surface area contributed by atoms with Gasteiger partial charge in [-0.25, -0.2) is 8.42 Å². The molecule has 0 N–H and O–H groups in total. The number of carbonyl (C=O) groups excluding carboxylic acids is 1. The van der Waals surface area contributed by atoms with E-state index in [1.165, 1.54) is 10.6 Å². The molecular weight excluding hydrogens is 276 g/mol. The van der Waals surface area contributed by atoms with Crippen LogP contribution in [0.5, 0.6) is 0 Å². The molecule has 0 aromatic carbocycles. The summed E-state index contributed by atoms with van der Waals surface area (Å²) in [6.07, 6.45) is 6.62. The summed E-state index contributed by atoms with van der Waals surface area (Å²) >= 11 is 0. The fourth-order valence-corrected chi connectivity index (χ4v) is 4.14. The minimum atomic E-state index is -3.07. The Morgan fingerprint density at radius 3 is 2.15 bits per heavy atom. The van der Waals surface area contributed by atoms with Crippen LogP contribution in [0.25, 0.3) is 0 Å². The van der Waals surface area contributed by atoms with Crippen LogP contribution >= 0.6 is 0 Å². The maximum Gasteiger partial charge on any atom is 0.211 e. The van der Waals surface area contributed by atoms with E-state index in [1.54, 1.807) is 0 Å². The van der Waals surface area contributed by atoms with E-state index in [1.807, 2.05) is 0 Å². The minimum absolute atomic E-state index is 0.195. The molecule has 0 aromatic heterocycles. The maximum absolute atomic E-state index is 11.6. The average Bonchev–Trinajstić information content (AvgIpc) is 2.41. The van der Waals surface area contributed by atoms with Gasteiger partial charge in [-0.15, -0.1) is 0 Å². The van der Waals surface area contributed by atoms with Crippen LogP contribution in [-0.4, -0.2) is 62.9 Å². The lowest BCUT2D eigenvalue weighted by Gasteiger charge is -2.41. The van der Waals surface area contributed by atoms with Gasteiger partial charge in [-0.05, 0) is 31.6 Å². The molecule has 1 aliphatic carbocycles. The first-order valence-corrected chi connectivity index (χ1v) is 9.33. The summed E-state index contributed by atoms with van der Waals surface area (Å²) in [6.45, 7) is 5.60. The lowest BCUT2D eigenvalue weighted by Crippen LogP contribution is -2.52. The van der Waals surface area contributed by atoms with Crippen molar-refractivity contribution in [1.29, 1.82) is 0 Å². The molecule has 0 spiro atoms. The minimum Gasteiger partial charge on any atom is -0.303 e. The highest BCUT2D eigenvalue weighted by Crippen LogP contribution is 2.38. The Labute approximate surface area is 122 Å². The molecule has 0 aromatic rings. The second-order valence-electron chi connectivity index (χ2n) is 6.60. The van der Waals surface area contributed by atoms with Crippen molar-refractivity contribution >= 4 is 16.3 Å². The van der Waals surface area contributed by atoms with Gasteiger partial charge in [0.25, 0.3) is 0 Å². The number of hydrogen-bond donors (Lipinski definition) is 0. The van der Waals surface area contributed by atoms with Gasteiger partial charge in [0.15, 0.2) is 0 Å². The Balaban J connectivity index is 1.89. The van der Waals surface area contributed by atoms with E-state index in [9.17, 15) is 13.2 Å². The van der Waals surface area contributed by atoms with E-state index in [0.29, 0.717) is 13.1 Å². The van der Waals surface area contributed by atoms with Gasteiger partial charge in [0.2, 0.25) is 10.0 Å². The van der Waals surface area contributed by atoms with Gasteiger partial charge in [0, 0.05) is 38.1 Å². The van der Waals surface area contributed by atoms with Crippen LogP contribution in [0.3, 0.4) is 0 Å². The molecule has 1 saturated carbocycles. The van der Waals surface area contributed by atoms with Gasteiger partial charge in [0.05, 0.1) is 6.26 Å². The molecule has 0 atom stereocenters. The highest BCUT2D eigenvalue weighted by molar-refractivity contribution is 7.88. The van der Waals surface area contributed by atoms with Crippen LogP contribution in [0.4, 0.5) is 0 Å². The summed E-state index contributed by atoms with van der Waals surface area (Å²) in [6, 6.07) is 0. The second-order valence-corrected chi connectivity index (χ2v) is 8.58. The van der Waals surface area contributed by atoms with Crippen molar-refractivity contribution in [3.63, 3.8) is 0 Å². The third-order valence-corrected chi connectivity index (χ3v) is 6.16. The SMILES string of the molecule is CC1CCC(C=O)(CN2CCN(S(C)(=O)=O)CC2)CC1. The van der Waals surface area contributed by atoms with E-state index in [-0.39, 0.29) is 5.41 Å². The number of aldehydes is 1. The van der Waals surface area contributed by atoms with E-state index in [0.717, 1.165) is 57.5 Å². The molecule has 5 nitrogen and oxygen atoms in total. The molecule has 116 valence electrons. The van der Waals surface area contributed by atoms with E-state index in [2.05, 4.69) is 11.8 Å². The van der Waals surface area contributed by atoms with Crippen molar-refractivity contribution in [2.75, 3.05) is 39.0 Å². The van der Waals surface area contributed by atoms with E-state index >= 15 is 0 Å². The summed E-state index contributed by atoms with van der Waals surface area (Å²) in [7, 11) is -3.07. The van der Waals surface area contributed by atoms with Crippen LogP contribution < -0.4 is 0 Å². The van der Waals surface area contributed by atoms with E-state index in [4.69, 9.17) is 0 Å². The Morgan fingerprint density at radius 2 is 1.70 bits per heavy atom. The first-order chi connectivity index (χ1) is 9.35. The molecule has 2 aliphatic rings. The quantitative estimate of drug-likeness (QED) is 0.726. The Bertz CT molecular complexity index is 433. The predicted molar refractivity (Wildman–Crippen MR) is 79.0 cm³/mol. The van der Waals surface area contributed by atoms with Crippen molar-refractivity contribution in [2.24, 2.45) is 11.3 Å².